The van der Waals surface area contributed by atoms with Gasteiger partial charge in [-0.1, -0.05) is 96.8 Å². The van der Waals surface area contributed by atoms with E-state index < -0.39 is 36.9 Å². The third-order valence-corrected chi connectivity index (χ3v) is 5.80. The van der Waals surface area contributed by atoms with Crippen molar-refractivity contribution in [2.75, 3.05) is 6.61 Å². The van der Waals surface area contributed by atoms with Crippen molar-refractivity contribution in [1.82, 2.24) is 0 Å². The fraction of sp³-hybridized carbons (Fsp3) is 0.957. The van der Waals surface area contributed by atoms with Gasteiger partial charge in [-0.3, -0.25) is 4.79 Å². The summed E-state index contributed by atoms with van der Waals surface area (Å²) in [6.07, 6.45) is 13.7. The molecule has 4 atom stereocenters. The predicted octanol–water partition coefficient (Wildman–Crippen LogP) is 3.55. The molecule has 30 heavy (non-hydrogen) atoms. The summed E-state index contributed by atoms with van der Waals surface area (Å²) in [7, 11) is 0. The first-order valence-electron chi connectivity index (χ1n) is 12.0. The smallest absolute Gasteiger partial charge is 0.357 e. The van der Waals surface area contributed by atoms with Gasteiger partial charge in [-0.05, 0) is 6.42 Å². The molecule has 1 aliphatic rings. The normalized spacial score (nSPS) is 26.6. The number of aliphatic hydroxyl groups excluding tert-OH is 3. The SMILES string of the molecule is CCCCCCCCCCCCCCCCCC(=O)OC1(O)OC[C@@H](O)[C@H](O)[C@H]1O. The molecule has 0 radical (unpaired) electrons. The van der Waals surface area contributed by atoms with Crippen molar-refractivity contribution in [2.45, 2.75) is 134 Å². The van der Waals surface area contributed by atoms with Gasteiger partial charge in [-0.15, -0.1) is 0 Å². The molecular formula is C23H44O7. The van der Waals surface area contributed by atoms with Crippen LogP contribution in [0.5, 0.6) is 0 Å². The molecule has 1 aliphatic heterocycles. The van der Waals surface area contributed by atoms with Gasteiger partial charge in [-0.25, -0.2) is 0 Å². The van der Waals surface area contributed by atoms with Crippen molar-refractivity contribution in [3.05, 3.63) is 0 Å². The van der Waals surface area contributed by atoms with E-state index in [1.807, 2.05) is 0 Å². The van der Waals surface area contributed by atoms with Crippen molar-refractivity contribution in [3.63, 3.8) is 0 Å². The number of carbonyl (C=O) groups excluding carboxylic acids is 1. The Balaban J connectivity index is 1.93. The zero-order valence-electron chi connectivity index (χ0n) is 18.8. The van der Waals surface area contributed by atoms with Crippen LogP contribution in [0.1, 0.15) is 110 Å². The average molecular weight is 433 g/mol. The molecule has 1 rings (SSSR count). The zero-order valence-corrected chi connectivity index (χ0v) is 18.8. The van der Waals surface area contributed by atoms with Crippen molar-refractivity contribution >= 4 is 5.97 Å². The van der Waals surface area contributed by atoms with Crippen LogP contribution in [0.2, 0.25) is 0 Å². The Hall–Kier alpha value is -0.730. The van der Waals surface area contributed by atoms with Crippen LogP contribution < -0.4 is 0 Å². The van der Waals surface area contributed by atoms with Crippen molar-refractivity contribution in [3.8, 4) is 0 Å². The number of esters is 1. The van der Waals surface area contributed by atoms with E-state index in [0.717, 1.165) is 19.3 Å². The topological polar surface area (TPSA) is 116 Å². The number of unbranched alkanes of at least 4 members (excludes halogenated alkanes) is 14. The van der Waals surface area contributed by atoms with Gasteiger partial charge in [0, 0.05) is 6.42 Å². The summed E-state index contributed by atoms with van der Waals surface area (Å²) in [5, 5.41) is 38.8. The van der Waals surface area contributed by atoms with E-state index in [2.05, 4.69) is 6.92 Å². The van der Waals surface area contributed by atoms with Crippen LogP contribution in [0, 0.1) is 0 Å². The molecule has 1 saturated heterocycles. The third-order valence-electron chi connectivity index (χ3n) is 5.80. The molecule has 7 nitrogen and oxygen atoms in total. The molecule has 7 heteroatoms. The van der Waals surface area contributed by atoms with Gasteiger partial charge in [0.1, 0.15) is 12.2 Å². The van der Waals surface area contributed by atoms with E-state index in [0.29, 0.717) is 6.42 Å². The Labute approximate surface area is 181 Å². The lowest BCUT2D eigenvalue weighted by molar-refractivity contribution is -0.415. The first kappa shape index (κ1) is 27.3. The van der Waals surface area contributed by atoms with Crippen LogP contribution in [0.25, 0.3) is 0 Å². The van der Waals surface area contributed by atoms with Crippen molar-refractivity contribution in [2.24, 2.45) is 0 Å². The molecule has 178 valence electrons. The van der Waals surface area contributed by atoms with Crippen molar-refractivity contribution in [1.29, 1.82) is 0 Å². The Morgan fingerprint density at radius 1 is 0.833 bits per heavy atom. The number of hydrogen-bond donors (Lipinski definition) is 4. The second kappa shape index (κ2) is 16.0. The Morgan fingerprint density at radius 2 is 1.27 bits per heavy atom. The van der Waals surface area contributed by atoms with E-state index in [1.54, 1.807) is 0 Å². The lowest BCUT2D eigenvalue weighted by Crippen LogP contribution is -2.62. The van der Waals surface area contributed by atoms with Gasteiger partial charge in [0.2, 0.25) is 0 Å². The minimum absolute atomic E-state index is 0.106. The van der Waals surface area contributed by atoms with Crippen LogP contribution in [-0.2, 0) is 14.3 Å². The summed E-state index contributed by atoms with van der Waals surface area (Å²) in [5.74, 6) is -3.31. The molecule has 0 spiro atoms. The van der Waals surface area contributed by atoms with E-state index in [9.17, 15) is 25.2 Å². The second-order valence-corrected chi connectivity index (χ2v) is 8.62. The highest BCUT2D eigenvalue weighted by Gasteiger charge is 2.51. The molecule has 0 bridgehead atoms. The second-order valence-electron chi connectivity index (χ2n) is 8.62. The van der Waals surface area contributed by atoms with Crippen LogP contribution >= 0.6 is 0 Å². The quantitative estimate of drug-likeness (QED) is 0.158. The number of ether oxygens (including phenoxy) is 2. The van der Waals surface area contributed by atoms with E-state index in [4.69, 9.17) is 9.47 Å². The fourth-order valence-corrected chi connectivity index (χ4v) is 3.76. The highest BCUT2D eigenvalue weighted by atomic mass is 16.8. The van der Waals surface area contributed by atoms with Crippen molar-refractivity contribution < 1.29 is 34.7 Å². The van der Waals surface area contributed by atoms with Crippen LogP contribution in [-0.4, -0.2) is 57.3 Å². The number of carbonyl (C=O) groups is 1. The first-order valence-corrected chi connectivity index (χ1v) is 12.0. The third kappa shape index (κ3) is 11.0. The monoisotopic (exact) mass is 432 g/mol. The van der Waals surface area contributed by atoms with Gasteiger partial charge in [0.15, 0.2) is 6.10 Å². The molecule has 1 unspecified atom stereocenters. The van der Waals surface area contributed by atoms with Gasteiger partial charge in [0.05, 0.1) is 6.61 Å². The minimum atomic E-state index is -2.61. The van der Waals surface area contributed by atoms with Gasteiger partial charge in [-0.2, -0.15) is 0 Å². The first-order chi connectivity index (χ1) is 14.4. The Bertz CT molecular complexity index is 445. The molecule has 0 aromatic carbocycles. The summed E-state index contributed by atoms with van der Waals surface area (Å²) in [5.41, 5.74) is 0. The molecule has 1 heterocycles. The van der Waals surface area contributed by atoms with E-state index in [1.165, 1.54) is 70.6 Å². The van der Waals surface area contributed by atoms with Gasteiger partial charge < -0.3 is 29.9 Å². The highest BCUT2D eigenvalue weighted by Crippen LogP contribution is 2.26. The summed E-state index contributed by atoms with van der Waals surface area (Å²) in [6.45, 7) is 1.82. The molecule has 0 aromatic rings. The maximum absolute atomic E-state index is 11.9. The molecule has 0 aliphatic carbocycles. The largest absolute Gasteiger partial charge is 0.406 e. The van der Waals surface area contributed by atoms with Crippen LogP contribution in [0.15, 0.2) is 0 Å². The zero-order chi connectivity index (χ0) is 22.2. The molecule has 0 aromatic heterocycles. The highest BCUT2D eigenvalue weighted by molar-refractivity contribution is 5.69. The predicted molar refractivity (Wildman–Crippen MR) is 115 cm³/mol. The summed E-state index contributed by atoms with van der Waals surface area (Å²) in [6, 6.07) is 0. The van der Waals surface area contributed by atoms with Crippen LogP contribution in [0.3, 0.4) is 0 Å². The molecule has 4 N–H and O–H groups in total. The van der Waals surface area contributed by atoms with Gasteiger partial charge in [0.25, 0.3) is 0 Å². The van der Waals surface area contributed by atoms with E-state index in [-0.39, 0.29) is 6.42 Å². The maximum atomic E-state index is 11.9. The standard InChI is InChI=1S/C23H44O7/c1-2-3-4-5-6-7-8-9-10-11-12-13-14-15-16-17-20(25)30-23(28)22(27)21(26)19(24)18-29-23/h19,21-22,24,26-28H,2-18H2,1H3/t19-,21+,22-,23?/m1/s1. The lowest BCUT2D eigenvalue weighted by Gasteiger charge is -2.39. The average Bonchev–Trinajstić information content (AvgIpc) is 2.72. The minimum Gasteiger partial charge on any atom is -0.406 e. The summed E-state index contributed by atoms with van der Waals surface area (Å²) < 4.78 is 9.61. The Morgan fingerprint density at radius 3 is 1.73 bits per heavy atom. The summed E-state index contributed by atoms with van der Waals surface area (Å²) >= 11 is 0. The fourth-order valence-electron chi connectivity index (χ4n) is 3.76. The lowest BCUT2D eigenvalue weighted by atomic mass is 10.0. The van der Waals surface area contributed by atoms with E-state index >= 15 is 0 Å². The Kier molecular flexibility index (Phi) is 14.5. The molecule has 0 saturated carbocycles. The number of hydrogen-bond acceptors (Lipinski definition) is 7. The molecular weight excluding hydrogens is 388 g/mol. The maximum Gasteiger partial charge on any atom is 0.357 e. The number of rotatable bonds is 17. The summed E-state index contributed by atoms with van der Waals surface area (Å²) in [4.78, 5) is 11.9. The molecule has 1 fully saturated rings. The van der Waals surface area contributed by atoms with Gasteiger partial charge >= 0.3 is 11.9 Å². The van der Waals surface area contributed by atoms with Crippen LogP contribution in [0.4, 0.5) is 0 Å². The molecule has 0 amide bonds. The number of aliphatic hydroxyl groups is 4.